The molecule has 17 heavy (non-hydrogen) atoms. The van der Waals surface area contributed by atoms with Crippen LogP contribution in [0.2, 0.25) is 0 Å². The Bertz CT molecular complexity index is 196. The van der Waals surface area contributed by atoms with Crippen molar-refractivity contribution in [2.24, 2.45) is 23.5 Å². The van der Waals surface area contributed by atoms with E-state index in [0.29, 0.717) is 11.8 Å². The second-order valence-corrected chi connectivity index (χ2v) is 6.23. The van der Waals surface area contributed by atoms with Gasteiger partial charge < -0.3 is 15.5 Å². The zero-order valence-corrected chi connectivity index (χ0v) is 12.2. The second kappa shape index (κ2) is 7.34. The van der Waals surface area contributed by atoms with Crippen molar-refractivity contribution in [1.29, 1.82) is 0 Å². The van der Waals surface area contributed by atoms with Gasteiger partial charge in [0.2, 0.25) is 0 Å². The summed E-state index contributed by atoms with van der Waals surface area (Å²) in [5.41, 5.74) is 5.85. The van der Waals surface area contributed by atoms with E-state index in [1.54, 1.807) is 0 Å². The molecule has 1 aliphatic rings. The molecule has 0 aromatic heterocycles. The molecular weight excluding hydrogens is 210 g/mol. The summed E-state index contributed by atoms with van der Waals surface area (Å²) in [4.78, 5) is 5.18. The third-order valence-electron chi connectivity index (χ3n) is 3.83. The summed E-state index contributed by atoms with van der Waals surface area (Å²) >= 11 is 0. The predicted molar refractivity (Wildman–Crippen MR) is 75.1 cm³/mol. The molecule has 0 aliphatic carbocycles. The minimum atomic E-state index is 0.659. The number of hydrogen-bond donors (Lipinski definition) is 1. The number of rotatable bonds is 6. The van der Waals surface area contributed by atoms with Crippen molar-refractivity contribution >= 4 is 0 Å². The maximum atomic E-state index is 5.85. The van der Waals surface area contributed by atoms with E-state index in [1.807, 2.05) is 0 Å². The molecule has 1 heterocycles. The van der Waals surface area contributed by atoms with Crippen LogP contribution in [0.15, 0.2) is 0 Å². The van der Waals surface area contributed by atoms with Gasteiger partial charge in [-0.2, -0.15) is 0 Å². The highest BCUT2D eigenvalue weighted by Crippen LogP contribution is 2.13. The highest BCUT2D eigenvalue weighted by molar-refractivity contribution is 4.76. The quantitative estimate of drug-likeness (QED) is 0.765. The predicted octanol–water partition coefficient (Wildman–Crippen LogP) is 1.49. The Hall–Kier alpha value is -0.120. The van der Waals surface area contributed by atoms with E-state index in [-0.39, 0.29) is 0 Å². The van der Waals surface area contributed by atoms with Crippen LogP contribution in [0.4, 0.5) is 0 Å². The van der Waals surface area contributed by atoms with Crippen molar-refractivity contribution in [1.82, 2.24) is 9.80 Å². The van der Waals surface area contributed by atoms with Crippen molar-refractivity contribution in [2.45, 2.75) is 27.7 Å². The van der Waals surface area contributed by atoms with Gasteiger partial charge in [0.15, 0.2) is 0 Å². The molecule has 0 aromatic carbocycles. The van der Waals surface area contributed by atoms with E-state index in [9.17, 15) is 0 Å². The maximum Gasteiger partial charge on any atom is 0.0110 e. The molecule has 1 aliphatic heterocycles. The van der Waals surface area contributed by atoms with Gasteiger partial charge in [0.25, 0.3) is 0 Å². The van der Waals surface area contributed by atoms with Crippen LogP contribution in [0.3, 0.4) is 0 Å². The lowest BCUT2D eigenvalue weighted by Gasteiger charge is -2.37. The summed E-state index contributed by atoms with van der Waals surface area (Å²) in [6.45, 7) is 17.3. The van der Waals surface area contributed by atoms with Gasteiger partial charge in [-0.25, -0.2) is 0 Å². The van der Waals surface area contributed by atoms with Gasteiger partial charge in [-0.1, -0.05) is 27.7 Å². The van der Waals surface area contributed by atoms with Gasteiger partial charge in [-0.15, -0.1) is 0 Å². The fourth-order valence-corrected chi connectivity index (χ4v) is 2.56. The lowest BCUT2D eigenvalue weighted by atomic mass is 9.95. The van der Waals surface area contributed by atoms with Crippen LogP contribution in [-0.4, -0.2) is 55.6 Å². The summed E-state index contributed by atoms with van der Waals surface area (Å²) in [5, 5.41) is 0. The Morgan fingerprint density at radius 1 is 0.882 bits per heavy atom. The molecule has 0 amide bonds. The minimum Gasteiger partial charge on any atom is -0.330 e. The molecule has 3 heteroatoms. The van der Waals surface area contributed by atoms with Gasteiger partial charge in [-0.3, -0.25) is 0 Å². The Morgan fingerprint density at radius 2 is 1.35 bits per heavy atom. The van der Waals surface area contributed by atoms with E-state index in [2.05, 4.69) is 37.5 Å². The zero-order chi connectivity index (χ0) is 12.8. The molecule has 3 nitrogen and oxygen atoms in total. The van der Waals surface area contributed by atoms with Crippen LogP contribution < -0.4 is 5.73 Å². The van der Waals surface area contributed by atoms with E-state index < -0.39 is 0 Å². The first-order chi connectivity index (χ1) is 8.02. The van der Waals surface area contributed by atoms with Crippen molar-refractivity contribution < 1.29 is 0 Å². The first kappa shape index (κ1) is 14.9. The lowest BCUT2D eigenvalue weighted by Crippen LogP contribution is -2.49. The third kappa shape index (κ3) is 5.36. The van der Waals surface area contributed by atoms with Crippen molar-refractivity contribution in [2.75, 3.05) is 45.8 Å². The maximum absolute atomic E-state index is 5.85. The smallest absolute Gasteiger partial charge is 0.0110 e. The molecule has 102 valence electrons. The highest BCUT2D eigenvalue weighted by atomic mass is 15.3. The van der Waals surface area contributed by atoms with Gasteiger partial charge >= 0.3 is 0 Å². The van der Waals surface area contributed by atoms with Gasteiger partial charge in [0.05, 0.1) is 0 Å². The first-order valence-electron chi connectivity index (χ1n) is 7.17. The summed E-state index contributed by atoms with van der Waals surface area (Å²) in [7, 11) is 0. The number of nitrogens with two attached hydrogens (primary N) is 1. The van der Waals surface area contributed by atoms with Crippen LogP contribution in [-0.2, 0) is 0 Å². The lowest BCUT2D eigenvalue weighted by molar-refractivity contribution is 0.103. The minimum absolute atomic E-state index is 0.659. The first-order valence-corrected chi connectivity index (χ1v) is 7.17. The molecule has 1 fully saturated rings. The van der Waals surface area contributed by atoms with Crippen LogP contribution in [0.1, 0.15) is 27.7 Å². The van der Waals surface area contributed by atoms with E-state index in [1.165, 1.54) is 39.3 Å². The van der Waals surface area contributed by atoms with Crippen LogP contribution in [0.5, 0.6) is 0 Å². The molecule has 1 rings (SSSR count). The SMILES string of the molecule is CC(C)CN1CCN(CC(CN)C(C)C)CC1. The molecule has 0 bridgehead atoms. The van der Waals surface area contributed by atoms with E-state index >= 15 is 0 Å². The fraction of sp³-hybridized carbons (Fsp3) is 1.00. The summed E-state index contributed by atoms with van der Waals surface area (Å²) < 4.78 is 0. The summed E-state index contributed by atoms with van der Waals surface area (Å²) in [6, 6.07) is 0. The third-order valence-corrected chi connectivity index (χ3v) is 3.83. The Kier molecular flexibility index (Phi) is 6.45. The molecule has 1 unspecified atom stereocenters. The summed E-state index contributed by atoms with van der Waals surface area (Å²) in [5.74, 6) is 2.15. The molecule has 2 N–H and O–H groups in total. The Balaban J connectivity index is 2.27. The molecule has 0 aromatic rings. The van der Waals surface area contributed by atoms with Crippen LogP contribution >= 0.6 is 0 Å². The normalized spacial score (nSPS) is 21.4. The van der Waals surface area contributed by atoms with Gasteiger partial charge in [-0.05, 0) is 24.3 Å². The zero-order valence-electron chi connectivity index (χ0n) is 12.2. The number of hydrogen-bond acceptors (Lipinski definition) is 3. The van der Waals surface area contributed by atoms with Gasteiger partial charge in [0.1, 0.15) is 0 Å². The number of nitrogens with zero attached hydrogens (tertiary/aromatic N) is 2. The Morgan fingerprint density at radius 3 is 1.71 bits per heavy atom. The van der Waals surface area contributed by atoms with E-state index in [4.69, 9.17) is 5.73 Å². The van der Waals surface area contributed by atoms with Crippen LogP contribution in [0, 0.1) is 17.8 Å². The van der Waals surface area contributed by atoms with E-state index in [0.717, 1.165) is 12.5 Å². The van der Waals surface area contributed by atoms with Crippen molar-refractivity contribution in [3.05, 3.63) is 0 Å². The monoisotopic (exact) mass is 241 g/mol. The summed E-state index contributed by atoms with van der Waals surface area (Å²) in [6.07, 6.45) is 0. The van der Waals surface area contributed by atoms with Crippen LogP contribution in [0.25, 0.3) is 0 Å². The topological polar surface area (TPSA) is 32.5 Å². The van der Waals surface area contributed by atoms with Gasteiger partial charge in [0, 0.05) is 39.3 Å². The molecule has 0 saturated carbocycles. The Labute approximate surface area is 107 Å². The average molecular weight is 241 g/mol. The standard InChI is InChI=1S/C14H31N3/c1-12(2)10-16-5-7-17(8-6-16)11-14(9-15)13(3)4/h12-14H,5-11,15H2,1-4H3. The molecule has 0 spiro atoms. The van der Waals surface area contributed by atoms with Crippen molar-refractivity contribution in [3.63, 3.8) is 0 Å². The molecular formula is C14H31N3. The molecule has 1 saturated heterocycles. The largest absolute Gasteiger partial charge is 0.330 e. The molecule has 1 atom stereocenters. The second-order valence-electron chi connectivity index (χ2n) is 6.23. The average Bonchev–Trinajstić information content (AvgIpc) is 2.26. The molecule has 0 radical (unpaired) electrons. The number of piperazine rings is 1. The highest BCUT2D eigenvalue weighted by Gasteiger charge is 2.21. The van der Waals surface area contributed by atoms with Crippen molar-refractivity contribution in [3.8, 4) is 0 Å². The fourth-order valence-electron chi connectivity index (χ4n) is 2.56.